The van der Waals surface area contributed by atoms with Gasteiger partial charge in [-0.3, -0.25) is 9.80 Å². The minimum atomic E-state index is 0.391. The summed E-state index contributed by atoms with van der Waals surface area (Å²) in [6.07, 6.45) is 6.86. The molecule has 6 nitrogen and oxygen atoms in total. The van der Waals surface area contributed by atoms with Crippen LogP contribution in [0.1, 0.15) is 43.7 Å². The molecule has 6 heteroatoms. The lowest BCUT2D eigenvalue weighted by Crippen LogP contribution is -2.52. The van der Waals surface area contributed by atoms with Gasteiger partial charge in [0.1, 0.15) is 5.75 Å². The molecule has 0 amide bonds. The average Bonchev–Trinajstić information content (AvgIpc) is 2.87. The summed E-state index contributed by atoms with van der Waals surface area (Å²) >= 11 is 0. The SMILES string of the molecule is COCCN1CCN(C(CN2CCC(N3CCCCC3)CC2)c2ccccc2OC)CC1. The number of likely N-dealkylation sites (tertiary alicyclic amines) is 2. The normalized spacial score (nSPS) is 23.9. The highest BCUT2D eigenvalue weighted by Crippen LogP contribution is 2.32. The minimum absolute atomic E-state index is 0.391. The maximum absolute atomic E-state index is 5.80. The molecule has 0 saturated carbocycles. The van der Waals surface area contributed by atoms with Crippen LogP contribution in [-0.4, -0.2) is 112 Å². The number of ether oxygens (including phenoxy) is 2. The summed E-state index contributed by atoms with van der Waals surface area (Å²) in [5.41, 5.74) is 1.35. The average molecular weight is 445 g/mol. The van der Waals surface area contributed by atoms with Crippen molar-refractivity contribution >= 4 is 0 Å². The quantitative estimate of drug-likeness (QED) is 0.582. The first-order chi connectivity index (χ1) is 15.8. The van der Waals surface area contributed by atoms with E-state index in [1.807, 2.05) is 7.11 Å². The fourth-order valence-electron chi connectivity index (χ4n) is 5.87. The number of methoxy groups -OCH3 is 2. The summed E-state index contributed by atoms with van der Waals surface area (Å²) in [5.74, 6) is 1.03. The van der Waals surface area contributed by atoms with Gasteiger partial charge in [-0.15, -0.1) is 0 Å². The number of para-hydroxylation sites is 1. The predicted octanol–water partition coefficient (Wildman–Crippen LogP) is 2.95. The second-order valence-corrected chi connectivity index (χ2v) is 9.76. The number of hydrogen-bond donors (Lipinski definition) is 0. The van der Waals surface area contributed by atoms with Crippen LogP contribution in [0.15, 0.2) is 24.3 Å². The van der Waals surface area contributed by atoms with Crippen molar-refractivity contribution in [2.45, 2.75) is 44.2 Å². The van der Waals surface area contributed by atoms with E-state index < -0.39 is 0 Å². The Morgan fingerprint density at radius 2 is 1.56 bits per heavy atom. The van der Waals surface area contributed by atoms with E-state index in [-0.39, 0.29) is 0 Å². The molecule has 0 spiro atoms. The van der Waals surface area contributed by atoms with Crippen molar-refractivity contribution in [1.82, 2.24) is 19.6 Å². The van der Waals surface area contributed by atoms with Gasteiger partial charge >= 0.3 is 0 Å². The smallest absolute Gasteiger partial charge is 0.123 e. The molecule has 0 aliphatic carbocycles. The number of rotatable bonds is 9. The van der Waals surface area contributed by atoms with E-state index in [1.54, 1.807) is 7.11 Å². The monoisotopic (exact) mass is 444 g/mol. The first-order valence-corrected chi connectivity index (χ1v) is 12.8. The number of hydrogen-bond acceptors (Lipinski definition) is 6. The van der Waals surface area contributed by atoms with Crippen molar-refractivity contribution in [3.63, 3.8) is 0 Å². The maximum atomic E-state index is 5.80. The molecule has 32 heavy (non-hydrogen) atoms. The fraction of sp³-hybridized carbons (Fsp3) is 0.769. The van der Waals surface area contributed by atoms with Crippen molar-refractivity contribution in [2.24, 2.45) is 0 Å². The zero-order valence-corrected chi connectivity index (χ0v) is 20.4. The molecule has 1 unspecified atom stereocenters. The summed E-state index contributed by atoms with van der Waals surface area (Å²) in [6, 6.07) is 9.86. The highest BCUT2D eigenvalue weighted by atomic mass is 16.5. The molecule has 1 atom stereocenters. The van der Waals surface area contributed by atoms with Crippen LogP contribution in [0.5, 0.6) is 5.75 Å². The second kappa shape index (κ2) is 12.3. The van der Waals surface area contributed by atoms with Crippen LogP contribution < -0.4 is 4.74 Å². The Balaban J connectivity index is 1.39. The van der Waals surface area contributed by atoms with E-state index >= 15 is 0 Å². The molecule has 0 radical (unpaired) electrons. The highest BCUT2D eigenvalue weighted by molar-refractivity contribution is 5.36. The van der Waals surface area contributed by atoms with E-state index in [4.69, 9.17) is 9.47 Å². The molecule has 3 saturated heterocycles. The van der Waals surface area contributed by atoms with Crippen LogP contribution >= 0.6 is 0 Å². The lowest BCUT2D eigenvalue weighted by molar-refractivity contribution is 0.0438. The van der Waals surface area contributed by atoms with Gasteiger partial charge in [-0.1, -0.05) is 24.6 Å². The molecule has 3 fully saturated rings. The molecule has 0 aromatic heterocycles. The Labute approximate surface area is 195 Å². The predicted molar refractivity (Wildman–Crippen MR) is 131 cm³/mol. The van der Waals surface area contributed by atoms with E-state index in [9.17, 15) is 0 Å². The van der Waals surface area contributed by atoms with Crippen LogP contribution in [0.3, 0.4) is 0 Å². The van der Waals surface area contributed by atoms with Crippen molar-refractivity contribution in [3.05, 3.63) is 29.8 Å². The van der Waals surface area contributed by atoms with Crippen molar-refractivity contribution < 1.29 is 9.47 Å². The summed E-state index contributed by atoms with van der Waals surface area (Å²) in [5, 5.41) is 0. The highest BCUT2D eigenvalue weighted by Gasteiger charge is 2.31. The van der Waals surface area contributed by atoms with Crippen LogP contribution in [-0.2, 0) is 4.74 Å². The van der Waals surface area contributed by atoms with Crippen LogP contribution in [0, 0.1) is 0 Å². The first kappa shape index (κ1) is 24.0. The van der Waals surface area contributed by atoms with Crippen molar-refractivity contribution in [1.29, 1.82) is 0 Å². The molecule has 1 aromatic carbocycles. The summed E-state index contributed by atoms with van der Waals surface area (Å²) in [6.45, 7) is 12.5. The maximum Gasteiger partial charge on any atom is 0.123 e. The molecule has 3 aliphatic heterocycles. The largest absolute Gasteiger partial charge is 0.496 e. The van der Waals surface area contributed by atoms with E-state index in [1.165, 1.54) is 63.8 Å². The third-order valence-electron chi connectivity index (χ3n) is 7.85. The molecule has 1 aromatic rings. The molecule has 3 aliphatic rings. The molecule has 0 bridgehead atoms. The summed E-state index contributed by atoms with van der Waals surface area (Å²) in [4.78, 5) is 10.7. The Kier molecular flexibility index (Phi) is 9.23. The van der Waals surface area contributed by atoms with Gasteiger partial charge in [0, 0.05) is 58.0 Å². The number of nitrogens with zero attached hydrogens (tertiary/aromatic N) is 4. The topological polar surface area (TPSA) is 31.4 Å². The third-order valence-corrected chi connectivity index (χ3v) is 7.85. The van der Waals surface area contributed by atoms with Gasteiger partial charge in [-0.2, -0.15) is 0 Å². The third kappa shape index (κ3) is 6.23. The Bertz CT molecular complexity index is 666. The molecule has 0 N–H and O–H groups in total. The van der Waals surface area contributed by atoms with Gasteiger partial charge in [-0.05, 0) is 57.9 Å². The second-order valence-electron chi connectivity index (χ2n) is 9.76. The Morgan fingerprint density at radius 1 is 0.844 bits per heavy atom. The number of piperidine rings is 2. The molecule has 3 heterocycles. The van der Waals surface area contributed by atoms with Crippen LogP contribution in [0.2, 0.25) is 0 Å². The van der Waals surface area contributed by atoms with Crippen LogP contribution in [0.4, 0.5) is 0 Å². The molecular formula is C26H44N4O2. The number of benzene rings is 1. The van der Waals surface area contributed by atoms with Gasteiger partial charge in [0.25, 0.3) is 0 Å². The van der Waals surface area contributed by atoms with E-state index in [0.29, 0.717) is 6.04 Å². The molecule has 180 valence electrons. The molecule has 4 rings (SSSR count). The van der Waals surface area contributed by atoms with Gasteiger partial charge in [0.2, 0.25) is 0 Å². The first-order valence-electron chi connectivity index (χ1n) is 12.8. The zero-order valence-electron chi connectivity index (χ0n) is 20.4. The lowest BCUT2D eigenvalue weighted by atomic mass is 9.97. The van der Waals surface area contributed by atoms with Crippen molar-refractivity contribution in [3.8, 4) is 5.75 Å². The standard InChI is InChI=1S/C26H44N4O2/c1-31-21-20-27-16-18-30(19-17-27)25(24-8-4-5-9-26(24)32-2)22-28-14-10-23(11-15-28)29-12-6-3-7-13-29/h4-5,8-9,23,25H,3,6-7,10-22H2,1-2H3. The Hall–Kier alpha value is -1.18. The fourth-order valence-corrected chi connectivity index (χ4v) is 5.87. The van der Waals surface area contributed by atoms with Gasteiger partial charge in [-0.25, -0.2) is 0 Å². The van der Waals surface area contributed by atoms with E-state index in [2.05, 4.69) is 43.9 Å². The van der Waals surface area contributed by atoms with Gasteiger partial charge < -0.3 is 19.3 Å². The molecular weight excluding hydrogens is 400 g/mol. The summed E-state index contributed by atoms with van der Waals surface area (Å²) < 4.78 is 11.1. The van der Waals surface area contributed by atoms with Gasteiger partial charge in [0.15, 0.2) is 0 Å². The minimum Gasteiger partial charge on any atom is -0.496 e. The Morgan fingerprint density at radius 3 is 2.25 bits per heavy atom. The van der Waals surface area contributed by atoms with Gasteiger partial charge in [0.05, 0.1) is 19.8 Å². The van der Waals surface area contributed by atoms with Crippen molar-refractivity contribution in [2.75, 3.05) is 86.3 Å². The lowest BCUT2D eigenvalue weighted by Gasteiger charge is -2.44. The van der Waals surface area contributed by atoms with E-state index in [0.717, 1.165) is 57.7 Å². The van der Waals surface area contributed by atoms with Crippen LogP contribution in [0.25, 0.3) is 0 Å². The summed E-state index contributed by atoms with van der Waals surface area (Å²) in [7, 11) is 3.60. The number of piperazine rings is 1. The zero-order chi connectivity index (χ0) is 22.2.